The summed E-state index contributed by atoms with van der Waals surface area (Å²) in [5.74, 6) is -0.316. The highest BCUT2D eigenvalue weighted by molar-refractivity contribution is 5.73. The summed E-state index contributed by atoms with van der Waals surface area (Å²) in [6.07, 6.45) is 1.93. The second-order valence-corrected chi connectivity index (χ2v) is 5.61. The lowest BCUT2D eigenvalue weighted by molar-refractivity contribution is 0.339. The van der Waals surface area contributed by atoms with Gasteiger partial charge in [-0.1, -0.05) is 19.9 Å². The second kappa shape index (κ2) is 4.61. The Morgan fingerprint density at radius 3 is 2.78 bits per heavy atom. The van der Waals surface area contributed by atoms with E-state index < -0.39 is 0 Å². The molecule has 0 saturated heterocycles. The van der Waals surface area contributed by atoms with Crippen LogP contribution in [-0.2, 0) is 13.5 Å². The maximum Gasteiger partial charge on any atom is 0.419 e. The quantitative estimate of drug-likeness (QED) is 0.900. The zero-order valence-electron chi connectivity index (χ0n) is 11.2. The summed E-state index contributed by atoms with van der Waals surface area (Å²) in [5, 5.41) is 0. The maximum atomic E-state index is 11.4. The van der Waals surface area contributed by atoms with Crippen molar-refractivity contribution in [2.75, 3.05) is 6.54 Å². The molecule has 1 heterocycles. The van der Waals surface area contributed by atoms with Crippen LogP contribution in [0.3, 0.4) is 0 Å². The molecule has 0 aliphatic rings. The fourth-order valence-corrected chi connectivity index (χ4v) is 2.31. The second-order valence-electron chi connectivity index (χ2n) is 5.61. The Kier molecular flexibility index (Phi) is 3.30. The molecule has 2 aromatic rings. The Balaban J connectivity index is 2.35. The summed E-state index contributed by atoms with van der Waals surface area (Å²) < 4.78 is 6.66. The van der Waals surface area contributed by atoms with Crippen LogP contribution < -0.4 is 11.5 Å². The fraction of sp³-hybridized carbons (Fsp3) is 0.500. The van der Waals surface area contributed by atoms with Crippen molar-refractivity contribution in [1.29, 1.82) is 0 Å². The number of hydrogen-bond acceptors (Lipinski definition) is 3. The van der Waals surface area contributed by atoms with E-state index in [0.29, 0.717) is 12.1 Å². The Morgan fingerprint density at radius 2 is 2.11 bits per heavy atom. The number of rotatable bonds is 4. The van der Waals surface area contributed by atoms with Crippen molar-refractivity contribution >= 4 is 11.1 Å². The molecule has 1 aromatic carbocycles. The first-order chi connectivity index (χ1) is 8.43. The molecule has 0 aliphatic carbocycles. The predicted octanol–water partition coefficient (Wildman–Crippen LogP) is 2.05. The Bertz CT molecular complexity index is 608. The minimum atomic E-state index is -0.316. The van der Waals surface area contributed by atoms with Crippen LogP contribution in [0.5, 0.6) is 0 Å². The topological polar surface area (TPSA) is 61.2 Å². The first-order valence-electron chi connectivity index (χ1n) is 6.21. The number of benzene rings is 1. The summed E-state index contributed by atoms with van der Waals surface area (Å²) in [6.45, 7) is 5.11. The lowest BCUT2D eigenvalue weighted by Crippen LogP contribution is -2.19. The molecule has 2 N–H and O–H groups in total. The molecule has 0 radical (unpaired) electrons. The smallest absolute Gasteiger partial charge is 0.408 e. The predicted molar refractivity (Wildman–Crippen MR) is 72.6 cm³/mol. The number of hydrogen-bond donors (Lipinski definition) is 1. The van der Waals surface area contributed by atoms with Gasteiger partial charge in [0.2, 0.25) is 0 Å². The van der Waals surface area contributed by atoms with Crippen molar-refractivity contribution in [3.8, 4) is 0 Å². The zero-order chi connectivity index (χ0) is 13.3. The summed E-state index contributed by atoms with van der Waals surface area (Å²) in [7, 11) is 1.73. The third-order valence-corrected chi connectivity index (χ3v) is 3.36. The Morgan fingerprint density at radius 1 is 1.39 bits per heavy atom. The van der Waals surface area contributed by atoms with Gasteiger partial charge in [0.1, 0.15) is 0 Å². The van der Waals surface area contributed by atoms with Crippen molar-refractivity contribution in [3.63, 3.8) is 0 Å². The summed E-state index contributed by atoms with van der Waals surface area (Å²) >= 11 is 0. The van der Waals surface area contributed by atoms with Gasteiger partial charge in [0.05, 0.1) is 5.52 Å². The van der Waals surface area contributed by atoms with Gasteiger partial charge in [0.15, 0.2) is 5.58 Å². The lowest BCUT2D eigenvalue weighted by atomic mass is 9.83. The molecule has 0 unspecified atom stereocenters. The van der Waals surface area contributed by atoms with E-state index in [-0.39, 0.29) is 11.2 Å². The van der Waals surface area contributed by atoms with Gasteiger partial charge in [-0.2, -0.15) is 0 Å². The van der Waals surface area contributed by atoms with Gasteiger partial charge >= 0.3 is 5.76 Å². The van der Waals surface area contributed by atoms with E-state index in [9.17, 15) is 4.79 Å². The summed E-state index contributed by atoms with van der Waals surface area (Å²) in [5.41, 5.74) is 8.49. The van der Waals surface area contributed by atoms with Crippen LogP contribution in [0, 0.1) is 5.41 Å². The van der Waals surface area contributed by atoms with E-state index in [1.807, 2.05) is 18.2 Å². The molecule has 0 amide bonds. The average molecular weight is 248 g/mol. The molecule has 4 heteroatoms. The van der Waals surface area contributed by atoms with Crippen LogP contribution in [0.25, 0.3) is 11.1 Å². The van der Waals surface area contributed by atoms with Crippen molar-refractivity contribution < 1.29 is 4.42 Å². The van der Waals surface area contributed by atoms with Gasteiger partial charge in [0, 0.05) is 7.05 Å². The Labute approximate surface area is 106 Å². The van der Waals surface area contributed by atoms with Crippen LogP contribution in [-0.4, -0.2) is 11.1 Å². The molecular formula is C14H20N2O2. The van der Waals surface area contributed by atoms with E-state index in [4.69, 9.17) is 10.2 Å². The van der Waals surface area contributed by atoms with Crippen LogP contribution in [0.15, 0.2) is 27.4 Å². The highest BCUT2D eigenvalue weighted by atomic mass is 16.4. The molecule has 1 aromatic heterocycles. The third-order valence-electron chi connectivity index (χ3n) is 3.36. The number of fused-ring (bicyclic) bond motifs is 1. The van der Waals surface area contributed by atoms with E-state index in [1.165, 1.54) is 10.1 Å². The third kappa shape index (κ3) is 2.48. The van der Waals surface area contributed by atoms with Gasteiger partial charge in [-0.05, 0) is 42.5 Å². The number of nitrogens with zero attached hydrogens (tertiary/aromatic N) is 1. The van der Waals surface area contributed by atoms with Crippen LogP contribution >= 0.6 is 0 Å². The van der Waals surface area contributed by atoms with E-state index >= 15 is 0 Å². The lowest BCUT2D eigenvalue weighted by Gasteiger charge is -2.23. The van der Waals surface area contributed by atoms with E-state index in [0.717, 1.165) is 18.4 Å². The zero-order valence-corrected chi connectivity index (χ0v) is 11.2. The standard InChI is InChI=1S/C14H20N2O2/c1-14(2,6-7-15)9-10-4-5-12-11(8-10)16(3)13(17)18-12/h4-5,8H,6-7,9,15H2,1-3H3. The van der Waals surface area contributed by atoms with Crippen molar-refractivity contribution in [3.05, 3.63) is 34.3 Å². The van der Waals surface area contributed by atoms with E-state index in [1.54, 1.807) is 7.05 Å². The van der Waals surface area contributed by atoms with Gasteiger partial charge < -0.3 is 10.2 Å². The van der Waals surface area contributed by atoms with Crippen LogP contribution in [0.2, 0.25) is 0 Å². The molecule has 0 fully saturated rings. The number of aromatic nitrogens is 1. The molecule has 18 heavy (non-hydrogen) atoms. The summed E-state index contributed by atoms with van der Waals surface area (Å²) in [6, 6.07) is 5.91. The molecule has 98 valence electrons. The average Bonchev–Trinajstić information content (AvgIpc) is 2.55. The van der Waals surface area contributed by atoms with Crippen molar-refractivity contribution in [2.45, 2.75) is 26.7 Å². The molecule has 0 bridgehead atoms. The first kappa shape index (κ1) is 12.9. The molecule has 0 aliphatic heterocycles. The van der Waals surface area contributed by atoms with Crippen LogP contribution in [0.4, 0.5) is 0 Å². The minimum absolute atomic E-state index is 0.172. The number of nitrogens with two attached hydrogens (primary N) is 1. The van der Waals surface area contributed by atoms with Crippen molar-refractivity contribution in [2.24, 2.45) is 18.2 Å². The fourth-order valence-electron chi connectivity index (χ4n) is 2.31. The van der Waals surface area contributed by atoms with Crippen LogP contribution in [0.1, 0.15) is 25.8 Å². The molecule has 4 nitrogen and oxygen atoms in total. The molecule has 0 spiro atoms. The first-order valence-corrected chi connectivity index (χ1v) is 6.21. The highest BCUT2D eigenvalue weighted by Gasteiger charge is 2.18. The molecule has 2 rings (SSSR count). The van der Waals surface area contributed by atoms with Gasteiger partial charge in [-0.25, -0.2) is 4.79 Å². The molecular weight excluding hydrogens is 228 g/mol. The monoisotopic (exact) mass is 248 g/mol. The number of oxazole rings is 1. The maximum absolute atomic E-state index is 11.4. The SMILES string of the molecule is Cn1c(=O)oc2ccc(CC(C)(C)CCN)cc21. The van der Waals surface area contributed by atoms with Crippen molar-refractivity contribution in [1.82, 2.24) is 4.57 Å². The molecule has 0 atom stereocenters. The minimum Gasteiger partial charge on any atom is -0.408 e. The van der Waals surface area contributed by atoms with Gasteiger partial charge in [-0.3, -0.25) is 4.57 Å². The largest absolute Gasteiger partial charge is 0.419 e. The Hall–Kier alpha value is -1.55. The normalized spacial score (nSPS) is 12.2. The van der Waals surface area contributed by atoms with E-state index in [2.05, 4.69) is 13.8 Å². The number of aryl methyl sites for hydroxylation is 1. The van der Waals surface area contributed by atoms with Gasteiger partial charge in [-0.15, -0.1) is 0 Å². The summed E-state index contributed by atoms with van der Waals surface area (Å²) in [4.78, 5) is 11.4. The molecule has 0 saturated carbocycles. The van der Waals surface area contributed by atoms with Gasteiger partial charge in [0.25, 0.3) is 0 Å². The highest BCUT2D eigenvalue weighted by Crippen LogP contribution is 2.26.